The maximum absolute atomic E-state index is 6.01. The molecule has 2 rings (SSSR count). The summed E-state index contributed by atoms with van der Waals surface area (Å²) >= 11 is 0. The number of nitrogens with zero attached hydrogens (tertiary/aromatic N) is 3. The lowest BCUT2D eigenvalue weighted by molar-refractivity contribution is 0.0963. The SMILES string of the molecule is CC(C)n1cc(C(CN)N2CCC(C)(C)CC2)cn1. The Labute approximate surface area is 117 Å². The molecule has 4 heteroatoms. The molecule has 4 nitrogen and oxygen atoms in total. The molecule has 1 unspecified atom stereocenters. The van der Waals surface area contributed by atoms with Gasteiger partial charge in [0.1, 0.15) is 0 Å². The number of rotatable bonds is 4. The number of aromatic nitrogens is 2. The van der Waals surface area contributed by atoms with E-state index in [0.717, 1.165) is 13.1 Å². The van der Waals surface area contributed by atoms with Crippen LogP contribution in [0.15, 0.2) is 12.4 Å². The fourth-order valence-corrected chi connectivity index (χ4v) is 2.74. The highest BCUT2D eigenvalue weighted by atomic mass is 15.3. The maximum atomic E-state index is 6.01. The van der Waals surface area contributed by atoms with Crippen molar-refractivity contribution >= 4 is 0 Å². The van der Waals surface area contributed by atoms with Crippen molar-refractivity contribution in [2.45, 2.75) is 52.6 Å². The Morgan fingerprint density at radius 3 is 2.42 bits per heavy atom. The molecule has 1 fully saturated rings. The quantitative estimate of drug-likeness (QED) is 0.909. The van der Waals surface area contributed by atoms with Gasteiger partial charge in [0.2, 0.25) is 0 Å². The fourth-order valence-electron chi connectivity index (χ4n) is 2.74. The molecular weight excluding hydrogens is 236 g/mol. The Bertz CT molecular complexity index is 398. The largest absolute Gasteiger partial charge is 0.329 e. The third kappa shape index (κ3) is 3.37. The van der Waals surface area contributed by atoms with Crippen molar-refractivity contribution in [3.05, 3.63) is 18.0 Å². The van der Waals surface area contributed by atoms with Crippen molar-refractivity contribution in [3.8, 4) is 0 Å². The van der Waals surface area contributed by atoms with Gasteiger partial charge in [0.15, 0.2) is 0 Å². The molecule has 0 aromatic carbocycles. The van der Waals surface area contributed by atoms with Crippen molar-refractivity contribution in [1.82, 2.24) is 14.7 Å². The summed E-state index contributed by atoms with van der Waals surface area (Å²) in [5, 5.41) is 4.44. The first kappa shape index (κ1) is 14.5. The van der Waals surface area contributed by atoms with Crippen LogP contribution in [0.2, 0.25) is 0 Å². The van der Waals surface area contributed by atoms with Gasteiger partial charge in [-0.15, -0.1) is 0 Å². The van der Waals surface area contributed by atoms with Crippen LogP contribution in [0.25, 0.3) is 0 Å². The third-order valence-electron chi connectivity index (χ3n) is 4.35. The van der Waals surface area contributed by atoms with Crippen molar-refractivity contribution < 1.29 is 0 Å². The smallest absolute Gasteiger partial charge is 0.0538 e. The van der Waals surface area contributed by atoms with E-state index in [1.807, 2.05) is 10.9 Å². The van der Waals surface area contributed by atoms with Gasteiger partial charge in [-0.05, 0) is 45.2 Å². The van der Waals surface area contributed by atoms with Crippen LogP contribution in [0.3, 0.4) is 0 Å². The number of likely N-dealkylation sites (tertiary alicyclic amines) is 1. The molecule has 19 heavy (non-hydrogen) atoms. The average Bonchev–Trinajstić information content (AvgIpc) is 2.82. The van der Waals surface area contributed by atoms with E-state index in [-0.39, 0.29) is 0 Å². The van der Waals surface area contributed by atoms with E-state index in [4.69, 9.17) is 5.73 Å². The Morgan fingerprint density at radius 2 is 1.95 bits per heavy atom. The Hall–Kier alpha value is -0.870. The average molecular weight is 264 g/mol. The first-order chi connectivity index (χ1) is 8.93. The van der Waals surface area contributed by atoms with Gasteiger partial charge in [0.25, 0.3) is 0 Å². The molecule has 0 radical (unpaired) electrons. The minimum absolute atomic E-state index is 0.323. The molecule has 1 aromatic heterocycles. The van der Waals surface area contributed by atoms with E-state index in [2.05, 4.69) is 43.9 Å². The summed E-state index contributed by atoms with van der Waals surface area (Å²) in [5.41, 5.74) is 7.75. The minimum atomic E-state index is 0.323. The van der Waals surface area contributed by atoms with Crippen LogP contribution < -0.4 is 5.73 Å². The molecular formula is C15H28N4. The van der Waals surface area contributed by atoms with E-state index < -0.39 is 0 Å². The fraction of sp³-hybridized carbons (Fsp3) is 0.800. The van der Waals surface area contributed by atoms with Crippen LogP contribution in [-0.2, 0) is 0 Å². The first-order valence-corrected chi connectivity index (χ1v) is 7.41. The van der Waals surface area contributed by atoms with Crippen molar-refractivity contribution in [1.29, 1.82) is 0 Å². The predicted molar refractivity (Wildman–Crippen MR) is 79.0 cm³/mol. The molecule has 0 spiro atoms. The summed E-state index contributed by atoms with van der Waals surface area (Å²) < 4.78 is 2.02. The summed E-state index contributed by atoms with van der Waals surface area (Å²) in [6.07, 6.45) is 6.64. The lowest BCUT2D eigenvalue weighted by atomic mass is 9.82. The molecule has 0 aliphatic carbocycles. The third-order valence-corrected chi connectivity index (χ3v) is 4.35. The molecule has 1 aliphatic heterocycles. The number of nitrogens with two attached hydrogens (primary N) is 1. The van der Waals surface area contributed by atoms with E-state index in [1.54, 1.807) is 0 Å². The molecule has 2 heterocycles. The summed E-state index contributed by atoms with van der Waals surface area (Å²) in [6, 6.07) is 0.732. The second kappa shape index (κ2) is 5.63. The highest BCUT2D eigenvalue weighted by Crippen LogP contribution is 2.33. The van der Waals surface area contributed by atoms with Gasteiger partial charge < -0.3 is 5.73 Å². The molecule has 1 aromatic rings. The maximum Gasteiger partial charge on any atom is 0.0538 e. The number of piperidine rings is 1. The minimum Gasteiger partial charge on any atom is -0.329 e. The van der Waals surface area contributed by atoms with Crippen LogP contribution in [0.5, 0.6) is 0 Å². The van der Waals surface area contributed by atoms with Crippen LogP contribution >= 0.6 is 0 Å². The van der Waals surface area contributed by atoms with Crippen LogP contribution in [0.1, 0.15) is 58.2 Å². The zero-order valence-corrected chi connectivity index (χ0v) is 12.8. The Morgan fingerprint density at radius 1 is 1.32 bits per heavy atom. The van der Waals surface area contributed by atoms with Gasteiger partial charge in [-0.1, -0.05) is 13.8 Å². The molecule has 0 amide bonds. The van der Waals surface area contributed by atoms with E-state index in [1.165, 1.54) is 18.4 Å². The van der Waals surface area contributed by atoms with Gasteiger partial charge >= 0.3 is 0 Å². The topological polar surface area (TPSA) is 47.1 Å². The zero-order valence-electron chi connectivity index (χ0n) is 12.8. The highest BCUT2D eigenvalue weighted by molar-refractivity contribution is 5.12. The monoisotopic (exact) mass is 264 g/mol. The highest BCUT2D eigenvalue weighted by Gasteiger charge is 2.29. The van der Waals surface area contributed by atoms with Crippen molar-refractivity contribution in [2.24, 2.45) is 11.1 Å². The lowest BCUT2D eigenvalue weighted by Crippen LogP contribution is -2.42. The standard InChI is InChI=1S/C15H28N4/c1-12(2)19-11-13(10-17-19)14(9-16)18-7-5-15(3,4)6-8-18/h10-12,14H,5-9,16H2,1-4H3. The van der Waals surface area contributed by atoms with Crippen molar-refractivity contribution in [3.63, 3.8) is 0 Å². The summed E-state index contributed by atoms with van der Waals surface area (Å²) in [5.74, 6) is 0. The molecule has 108 valence electrons. The van der Waals surface area contributed by atoms with E-state index in [0.29, 0.717) is 24.0 Å². The first-order valence-electron chi connectivity index (χ1n) is 7.41. The summed E-state index contributed by atoms with van der Waals surface area (Å²) in [6.45, 7) is 12.0. The normalized spacial score (nSPS) is 21.8. The summed E-state index contributed by atoms with van der Waals surface area (Å²) in [4.78, 5) is 2.52. The molecule has 0 bridgehead atoms. The lowest BCUT2D eigenvalue weighted by Gasteiger charge is -2.40. The van der Waals surface area contributed by atoms with Crippen LogP contribution in [0, 0.1) is 5.41 Å². The van der Waals surface area contributed by atoms with Gasteiger partial charge in [0.05, 0.1) is 12.2 Å². The Balaban J connectivity index is 2.07. The number of hydrogen-bond acceptors (Lipinski definition) is 3. The molecule has 2 N–H and O–H groups in total. The second-order valence-corrected chi connectivity index (χ2v) is 6.80. The van der Waals surface area contributed by atoms with Gasteiger partial charge in [-0.25, -0.2) is 0 Å². The molecule has 0 saturated carbocycles. The van der Waals surface area contributed by atoms with Gasteiger partial charge in [-0.2, -0.15) is 5.10 Å². The molecule has 1 aliphatic rings. The van der Waals surface area contributed by atoms with Crippen molar-refractivity contribution in [2.75, 3.05) is 19.6 Å². The van der Waals surface area contributed by atoms with Crippen LogP contribution in [-0.4, -0.2) is 34.3 Å². The van der Waals surface area contributed by atoms with E-state index >= 15 is 0 Å². The molecule has 1 saturated heterocycles. The van der Waals surface area contributed by atoms with Gasteiger partial charge in [0, 0.05) is 24.3 Å². The zero-order chi connectivity index (χ0) is 14.0. The second-order valence-electron chi connectivity index (χ2n) is 6.80. The van der Waals surface area contributed by atoms with E-state index in [9.17, 15) is 0 Å². The predicted octanol–water partition coefficient (Wildman–Crippen LogP) is 2.59. The van der Waals surface area contributed by atoms with Gasteiger partial charge in [-0.3, -0.25) is 9.58 Å². The summed E-state index contributed by atoms with van der Waals surface area (Å²) in [7, 11) is 0. The Kier molecular flexibility index (Phi) is 4.31. The number of hydrogen-bond donors (Lipinski definition) is 1. The van der Waals surface area contributed by atoms with Crippen LogP contribution in [0.4, 0.5) is 0 Å². The molecule has 1 atom stereocenters.